The Hall–Kier alpha value is -0.820. The van der Waals surface area contributed by atoms with Crippen LogP contribution in [0.15, 0.2) is 24.3 Å². The first-order chi connectivity index (χ1) is 8.43. The second kappa shape index (κ2) is 5.22. The number of nitrogens with one attached hydrogen (secondary N) is 1. The average Bonchev–Trinajstić information content (AvgIpc) is 3.22. The van der Waals surface area contributed by atoms with Crippen molar-refractivity contribution in [1.82, 2.24) is 5.32 Å². The first kappa shape index (κ1) is 11.3. The third kappa shape index (κ3) is 2.90. The van der Waals surface area contributed by atoms with Crippen molar-refractivity contribution in [3.63, 3.8) is 0 Å². The lowest BCUT2D eigenvalue weighted by Crippen LogP contribution is -2.27. The molecule has 1 heterocycles. The first-order valence-corrected chi connectivity index (χ1v) is 7.22. The SMILES string of the molecule is c1ccc(C2CC2)c(CCC2CCNCC2)c1. The molecule has 1 saturated heterocycles. The van der Waals surface area contributed by atoms with Crippen molar-refractivity contribution < 1.29 is 0 Å². The smallest absolute Gasteiger partial charge is 0.00463 e. The molecule has 3 rings (SSSR count). The maximum atomic E-state index is 3.45. The molecule has 1 aromatic carbocycles. The molecule has 2 aliphatic rings. The Bertz CT molecular complexity index is 362. The van der Waals surface area contributed by atoms with Gasteiger partial charge in [0, 0.05) is 0 Å². The molecule has 0 unspecified atom stereocenters. The zero-order valence-electron chi connectivity index (χ0n) is 10.6. The van der Waals surface area contributed by atoms with Crippen LogP contribution in [0.2, 0.25) is 0 Å². The van der Waals surface area contributed by atoms with E-state index in [1.807, 2.05) is 0 Å². The second-order valence-corrected chi connectivity index (χ2v) is 5.71. The molecule has 0 atom stereocenters. The summed E-state index contributed by atoms with van der Waals surface area (Å²) in [6.45, 7) is 2.46. The number of rotatable bonds is 4. The van der Waals surface area contributed by atoms with Gasteiger partial charge >= 0.3 is 0 Å². The Morgan fingerprint density at radius 3 is 2.53 bits per heavy atom. The largest absolute Gasteiger partial charge is 0.317 e. The second-order valence-electron chi connectivity index (χ2n) is 5.71. The minimum absolute atomic E-state index is 0.902. The van der Waals surface area contributed by atoms with Crippen LogP contribution >= 0.6 is 0 Å². The number of hydrogen-bond donors (Lipinski definition) is 1. The molecule has 0 radical (unpaired) electrons. The van der Waals surface area contributed by atoms with Crippen molar-refractivity contribution >= 4 is 0 Å². The molecular weight excluding hydrogens is 206 g/mol. The van der Waals surface area contributed by atoms with Gasteiger partial charge in [-0.25, -0.2) is 0 Å². The average molecular weight is 229 g/mol. The predicted molar refractivity (Wildman–Crippen MR) is 72.3 cm³/mol. The molecule has 1 nitrogen and oxygen atoms in total. The Labute approximate surface area is 105 Å². The van der Waals surface area contributed by atoms with Crippen LogP contribution in [-0.2, 0) is 6.42 Å². The lowest BCUT2D eigenvalue weighted by molar-refractivity contribution is 0.354. The van der Waals surface area contributed by atoms with Crippen molar-refractivity contribution in [2.45, 2.75) is 44.4 Å². The van der Waals surface area contributed by atoms with Gasteiger partial charge in [-0.05, 0) is 74.6 Å². The Morgan fingerprint density at radius 1 is 1.00 bits per heavy atom. The molecule has 0 aromatic heterocycles. The molecule has 1 saturated carbocycles. The van der Waals surface area contributed by atoms with Gasteiger partial charge < -0.3 is 5.32 Å². The van der Waals surface area contributed by atoms with Crippen molar-refractivity contribution in [2.75, 3.05) is 13.1 Å². The van der Waals surface area contributed by atoms with Gasteiger partial charge in [-0.1, -0.05) is 24.3 Å². The van der Waals surface area contributed by atoms with Gasteiger partial charge in [0.15, 0.2) is 0 Å². The van der Waals surface area contributed by atoms with E-state index in [0.717, 1.165) is 11.8 Å². The van der Waals surface area contributed by atoms with Crippen LogP contribution in [0.5, 0.6) is 0 Å². The van der Waals surface area contributed by atoms with Gasteiger partial charge in [0.1, 0.15) is 0 Å². The third-order valence-electron chi connectivity index (χ3n) is 4.35. The molecule has 0 bridgehead atoms. The lowest BCUT2D eigenvalue weighted by Gasteiger charge is -2.22. The molecule has 1 heteroatoms. The van der Waals surface area contributed by atoms with Crippen molar-refractivity contribution in [3.05, 3.63) is 35.4 Å². The van der Waals surface area contributed by atoms with E-state index in [1.54, 1.807) is 11.1 Å². The van der Waals surface area contributed by atoms with Crippen molar-refractivity contribution in [3.8, 4) is 0 Å². The maximum Gasteiger partial charge on any atom is -0.00463 e. The van der Waals surface area contributed by atoms with E-state index >= 15 is 0 Å². The van der Waals surface area contributed by atoms with Gasteiger partial charge in [-0.2, -0.15) is 0 Å². The predicted octanol–water partition coefficient (Wildman–Crippen LogP) is 3.50. The van der Waals surface area contributed by atoms with E-state index in [2.05, 4.69) is 29.6 Å². The fourth-order valence-electron chi connectivity index (χ4n) is 3.08. The Kier molecular flexibility index (Phi) is 3.46. The molecule has 92 valence electrons. The van der Waals surface area contributed by atoms with Gasteiger partial charge in [0.05, 0.1) is 0 Å². The topological polar surface area (TPSA) is 12.0 Å². The van der Waals surface area contributed by atoms with Crippen LogP contribution in [0.25, 0.3) is 0 Å². The van der Waals surface area contributed by atoms with E-state index in [0.29, 0.717) is 0 Å². The fourth-order valence-corrected chi connectivity index (χ4v) is 3.08. The summed E-state index contributed by atoms with van der Waals surface area (Å²) in [7, 11) is 0. The molecule has 17 heavy (non-hydrogen) atoms. The van der Waals surface area contributed by atoms with Crippen LogP contribution in [0, 0.1) is 5.92 Å². The molecule has 1 aliphatic heterocycles. The highest BCUT2D eigenvalue weighted by atomic mass is 14.9. The summed E-state index contributed by atoms with van der Waals surface area (Å²) in [6, 6.07) is 9.13. The molecule has 0 amide bonds. The Morgan fingerprint density at radius 2 is 1.76 bits per heavy atom. The van der Waals surface area contributed by atoms with E-state index < -0.39 is 0 Å². The van der Waals surface area contributed by atoms with Crippen molar-refractivity contribution in [1.29, 1.82) is 0 Å². The third-order valence-corrected chi connectivity index (χ3v) is 4.35. The highest BCUT2D eigenvalue weighted by Gasteiger charge is 2.25. The van der Waals surface area contributed by atoms with E-state index in [-0.39, 0.29) is 0 Å². The fraction of sp³-hybridized carbons (Fsp3) is 0.625. The van der Waals surface area contributed by atoms with Crippen LogP contribution in [0.3, 0.4) is 0 Å². The van der Waals surface area contributed by atoms with Gasteiger partial charge in [0.2, 0.25) is 0 Å². The minimum Gasteiger partial charge on any atom is -0.317 e. The summed E-state index contributed by atoms with van der Waals surface area (Å²) >= 11 is 0. The first-order valence-electron chi connectivity index (χ1n) is 7.22. The highest BCUT2D eigenvalue weighted by molar-refractivity contribution is 5.33. The normalized spacial score (nSPS) is 21.6. The van der Waals surface area contributed by atoms with Crippen LogP contribution in [0.4, 0.5) is 0 Å². The zero-order valence-corrected chi connectivity index (χ0v) is 10.6. The summed E-state index contributed by atoms with van der Waals surface area (Å²) < 4.78 is 0. The number of hydrogen-bond acceptors (Lipinski definition) is 1. The van der Waals surface area contributed by atoms with E-state index in [4.69, 9.17) is 0 Å². The van der Waals surface area contributed by atoms with Gasteiger partial charge in [0.25, 0.3) is 0 Å². The minimum atomic E-state index is 0.902. The molecule has 1 aliphatic carbocycles. The highest BCUT2D eigenvalue weighted by Crippen LogP contribution is 2.42. The standard InChI is InChI=1S/C16H23N/c1-2-4-16(15-7-8-15)14(3-1)6-5-13-9-11-17-12-10-13/h1-4,13,15,17H,5-12H2. The monoisotopic (exact) mass is 229 g/mol. The summed E-state index contributed by atoms with van der Waals surface area (Å²) in [4.78, 5) is 0. The number of piperidine rings is 1. The molecule has 1 aromatic rings. The quantitative estimate of drug-likeness (QED) is 0.833. The lowest BCUT2D eigenvalue weighted by atomic mass is 9.89. The molecular formula is C16H23N. The molecule has 0 spiro atoms. The number of aryl methyl sites for hydroxylation is 1. The zero-order chi connectivity index (χ0) is 11.5. The van der Waals surface area contributed by atoms with E-state index in [9.17, 15) is 0 Å². The van der Waals surface area contributed by atoms with Gasteiger partial charge in [-0.3, -0.25) is 0 Å². The van der Waals surface area contributed by atoms with Gasteiger partial charge in [-0.15, -0.1) is 0 Å². The molecule has 2 fully saturated rings. The summed E-state index contributed by atoms with van der Waals surface area (Å²) in [5.74, 6) is 1.86. The summed E-state index contributed by atoms with van der Waals surface area (Å²) in [5.41, 5.74) is 3.29. The molecule has 1 N–H and O–H groups in total. The summed E-state index contributed by atoms with van der Waals surface area (Å²) in [5, 5.41) is 3.45. The summed E-state index contributed by atoms with van der Waals surface area (Å²) in [6.07, 6.45) is 8.30. The van der Waals surface area contributed by atoms with Crippen LogP contribution in [0.1, 0.15) is 49.1 Å². The number of benzene rings is 1. The van der Waals surface area contributed by atoms with Crippen molar-refractivity contribution in [2.24, 2.45) is 5.92 Å². The Balaban J connectivity index is 1.60. The van der Waals surface area contributed by atoms with E-state index in [1.165, 1.54) is 51.6 Å². The maximum absolute atomic E-state index is 3.45. The van der Waals surface area contributed by atoms with Crippen LogP contribution in [-0.4, -0.2) is 13.1 Å². The van der Waals surface area contributed by atoms with Crippen LogP contribution < -0.4 is 5.32 Å².